The maximum Gasteiger partial charge on any atom is 0.152 e. The van der Waals surface area contributed by atoms with Gasteiger partial charge in [0.15, 0.2) is 5.82 Å². The van der Waals surface area contributed by atoms with Crippen molar-refractivity contribution < 1.29 is 4.74 Å². The topological polar surface area (TPSA) is 47.0 Å². The molecule has 4 heteroatoms. The van der Waals surface area contributed by atoms with Gasteiger partial charge >= 0.3 is 0 Å². The Morgan fingerprint density at radius 2 is 1.70 bits per heavy atom. The average molecular weight is 271 g/mol. The van der Waals surface area contributed by atoms with E-state index >= 15 is 0 Å². The fourth-order valence-electron chi connectivity index (χ4n) is 1.91. The number of benzene rings is 1. The van der Waals surface area contributed by atoms with Gasteiger partial charge in [-0.05, 0) is 44.5 Å². The fourth-order valence-corrected chi connectivity index (χ4v) is 1.91. The molecule has 0 unspecified atom stereocenters. The van der Waals surface area contributed by atoms with Gasteiger partial charge in [0.25, 0.3) is 0 Å². The minimum absolute atomic E-state index is 0.741. The van der Waals surface area contributed by atoms with Gasteiger partial charge in [-0.25, -0.2) is 9.97 Å². The number of ether oxygens (including phenoxy) is 1. The Morgan fingerprint density at radius 1 is 1.05 bits per heavy atom. The van der Waals surface area contributed by atoms with Gasteiger partial charge in [-0.15, -0.1) is 0 Å². The van der Waals surface area contributed by atoms with E-state index in [0.717, 1.165) is 47.2 Å². The highest BCUT2D eigenvalue weighted by Gasteiger charge is 2.10. The van der Waals surface area contributed by atoms with E-state index in [0.29, 0.717) is 0 Å². The van der Waals surface area contributed by atoms with Crippen LogP contribution in [0.15, 0.2) is 24.3 Å². The Kier molecular flexibility index (Phi) is 4.56. The van der Waals surface area contributed by atoms with Gasteiger partial charge in [0.1, 0.15) is 11.4 Å². The lowest BCUT2D eigenvalue weighted by atomic mass is 10.1. The van der Waals surface area contributed by atoms with Crippen LogP contribution in [-0.2, 0) is 0 Å². The molecule has 0 saturated heterocycles. The molecule has 20 heavy (non-hydrogen) atoms. The molecule has 106 valence electrons. The fraction of sp³-hybridized carbons (Fsp3) is 0.375. The van der Waals surface area contributed by atoms with Crippen molar-refractivity contribution in [1.82, 2.24) is 9.97 Å². The summed E-state index contributed by atoms with van der Waals surface area (Å²) in [5.74, 6) is 1.69. The molecule has 4 nitrogen and oxygen atoms in total. The van der Waals surface area contributed by atoms with Crippen LogP contribution in [0.5, 0.6) is 5.75 Å². The summed E-state index contributed by atoms with van der Waals surface area (Å²) in [6.07, 6.45) is 1.01. The highest BCUT2D eigenvalue weighted by molar-refractivity contribution is 5.72. The molecule has 0 atom stereocenters. The summed E-state index contributed by atoms with van der Waals surface area (Å²) in [5, 5.41) is 3.11. The van der Waals surface area contributed by atoms with E-state index in [-0.39, 0.29) is 0 Å². The van der Waals surface area contributed by atoms with Gasteiger partial charge in [0.05, 0.1) is 18.0 Å². The first-order valence-corrected chi connectivity index (χ1v) is 6.92. The summed E-state index contributed by atoms with van der Waals surface area (Å²) in [6, 6.07) is 7.98. The minimum atomic E-state index is 0.741. The Bertz CT molecular complexity index is 579. The van der Waals surface area contributed by atoms with Gasteiger partial charge in [-0.2, -0.15) is 0 Å². The monoisotopic (exact) mass is 271 g/mol. The van der Waals surface area contributed by atoms with Crippen LogP contribution in [-0.4, -0.2) is 23.6 Å². The minimum Gasteiger partial charge on any atom is -0.494 e. The van der Waals surface area contributed by atoms with E-state index in [1.165, 1.54) is 0 Å². The Balaban J connectivity index is 2.33. The van der Waals surface area contributed by atoms with E-state index in [4.69, 9.17) is 4.74 Å². The standard InChI is InChI=1S/C16H21N3O/c1-5-10-20-14-8-6-13(7-9-14)15-16(17-4)19-12(3)11(2)18-15/h6-9H,5,10H2,1-4H3,(H,17,19). The van der Waals surface area contributed by atoms with Crippen molar-refractivity contribution in [3.63, 3.8) is 0 Å². The normalized spacial score (nSPS) is 10.4. The predicted molar refractivity (Wildman–Crippen MR) is 82.3 cm³/mol. The lowest BCUT2D eigenvalue weighted by molar-refractivity contribution is 0.317. The van der Waals surface area contributed by atoms with Crippen molar-refractivity contribution in [2.24, 2.45) is 0 Å². The molecule has 1 aromatic carbocycles. The number of nitrogens with zero attached hydrogens (tertiary/aromatic N) is 2. The molecule has 1 N–H and O–H groups in total. The summed E-state index contributed by atoms with van der Waals surface area (Å²) in [6.45, 7) is 6.78. The van der Waals surface area contributed by atoms with Crippen LogP contribution in [0.2, 0.25) is 0 Å². The molecular weight excluding hydrogens is 250 g/mol. The van der Waals surface area contributed by atoms with Crippen LogP contribution in [0.4, 0.5) is 5.82 Å². The van der Waals surface area contributed by atoms with Crippen molar-refractivity contribution in [2.45, 2.75) is 27.2 Å². The Labute approximate surface area is 120 Å². The number of nitrogens with one attached hydrogen (secondary N) is 1. The third-order valence-electron chi connectivity index (χ3n) is 3.14. The number of hydrogen-bond acceptors (Lipinski definition) is 4. The van der Waals surface area contributed by atoms with Crippen LogP contribution in [0, 0.1) is 13.8 Å². The molecule has 2 rings (SSSR count). The van der Waals surface area contributed by atoms with Crippen molar-refractivity contribution in [1.29, 1.82) is 0 Å². The van der Waals surface area contributed by atoms with Crippen LogP contribution >= 0.6 is 0 Å². The molecule has 0 saturated carbocycles. The van der Waals surface area contributed by atoms with E-state index in [9.17, 15) is 0 Å². The number of aromatic nitrogens is 2. The SMILES string of the molecule is CCCOc1ccc(-c2nc(C)c(C)nc2NC)cc1. The molecule has 0 spiro atoms. The van der Waals surface area contributed by atoms with Gasteiger partial charge in [-0.3, -0.25) is 0 Å². The van der Waals surface area contributed by atoms with E-state index in [1.807, 2.05) is 45.2 Å². The van der Waals surface area contributed by atoms with Crippen molar-refractivity contribution in [3.05, 3.63) is 35.7 Å². The molecule has 0 bridgehead atoms. The lowest BCUT2D eigenvalue weighted by Crippen LogP contribution is -2.02. The summed E-state index contributed by atoms with van der Waals surface area (Å²) in [5.41, 5.74) is 3.80. The third-order valence-corrected chi connectivity index (χ3v) is 3.14. The van der Waals surface area contributed by atoms with Gasteiger partial charge < -0.3 is 10.1 Å². The molecule has 0 aliphatic rings. The van der Waals surface area contributed by atoms with Crippen LogP contribution in [0.1, 0.15) is 24.7 Å². The average Bonchev–Trinajstić information content (AvgIpc) is 2.48. The number of hydrogen-bond donors (Lipinski definition) is 1. The molecule has 1 aromatic heterocycles. The number of anilines is 1. The van der Waals surface area contributed by atoms with Gasteiger partial charge in [-0.1, -0.05) is 6.92 Å². The summed E-state index contributed by atoms with van der Waals surface area (Å²) >= 11 is 0. The number of aryl methyl sites for hydroxylation is 2. The van der Waals surface area contributed by atoms with E-state index < -0.39 is 0 Å². The van der Waals surface area contributed by atoms with E-state index in [1.54, 1.807) is 0 Å². The number of rotatable bonds is 5. The zero-order chi connectivity index (χ0) is 14.5. The first kappa shape index (κ1) is 14.3. The maximum absolute atomic E-state index is 5.59. The van der Waals surface area contributed by atoms with E-state index in [2.05, 4.69) is 22.2 Å². The quantitative estimate of drug-likeness (QED) is 0.902. The molecule has 0 amide bonds. The second-order valence-electron chi connectivity index (χ2n) is 4.71. The molecule has 1 heterocycles. The lowest BCUT2D eigenvalue weighted by Gasteiger charge is -2.11. The largest absolute Gasteiger partial charge is 0.494 e. The second-order valence-corrected chi connectivity index (χ2v) is 4.71. The zero-order valence-corrected chi connectivity index (χ0v) is 12.5. The van der Waals surface area contributed by atoms with Crippen molar-refractivity contribution >= 4 is 5.82 Å². The molecule has 0 fully saturated rings. The molecule has 0 aliphatic heterocycles. The smallest absolute Gasteiger partial charge is 0.152 e. The summed E-state index contributed by atoms with van der Waals surface area (Å²) in [4.78, 5) is 9.17. The Hall–Kier alpha value is -2.10. The van der Waals surface area contributed by atoms with Crippen LogP contribution < -0.4 is 10.1 Å². The van der Waals surface area contributed by atoms with Crippen LogP contribution in [0.25, 0.3) is 11.3 Å². The summed E-state index contributed by atoms with van der Waals surface area (Å²) in [7, 11) is 1.86. The predicted octanol–water partition coefficient (Wildman–Crippen LogP) is 3.59. The third kappa shape index (κ3) is 3.07. The highest BCUT2D eigenvalue weighted by atomic mass is 16.5. The Morgan fingerprint density at radius 3 is 2.30 bits per heavy atom. The maximum atomic E-state index is 5.59. The van der Waals surface area contributed by atoms with Crippen molar-refractivity contribution in [3.8, 4) is 17.0 Å². The molecular formula is C16H21N3O. The summed E-state index contributed by atoms with van der Waals surface area (Å²) < 4.78 is 5.59. The highest BCUT2D eigenvalue weighted by Crippen LogP contribution is 2.27. The zero-order valence-electron chi connectivity index (χ0n) is 12.5. The first-order chi connectivity index (χ1) is 9.65. The second kappa shape index (κ2) is 6.37. The molecule has 0 radical (unpaired) electrons. The van der Waals surface area contributed by atoms with Crippen LogP contribution in [0.3, 0.4) is 0 Å². The molecule has 0 aliphatic carbocycles. The van der Waals surface area contributed by atoms with Crippen molar-refractivity contribution in [2.75, 3.05) is 19.0 Å². The van der Waals surface area contributed by atoms with Gasteiger partial charge in [0, 0.05) is 12.6 Å². The van der Waals surface area contributed by atoms with Gasteiger partial charge in [0.2, 0.25) is 0 Å². The molecule has 2 aromatic rings. The first-order valence-electron chi connectivity index (χ1n) is 6.92.